The summed E-state index contributed by atoms with van der Waals surface area (Å²) in [6, 6.07) is 5.70. The van der Waals surface area contributed by atoms with Gasteiger partial charge in [-0.3, -0.25) is 10.1 Å². The number of hydrogen-bond donors (Lipinski definition) is 1. The van der Waals surface area contributed by atoms with Crippen LogP contribution in [0.15, 0.2) is 18.2 Å². The Morgan fingerprint density at radius 1 is 1.41 bits per heavy atom. The predicted molar refractivity (Wildman–Crippen MR) is 70.4 cm³/mol. The molecule has 1 aromatic rings. The molecule has 1 N–H and O–H groups in total. The smallest absolute Gasteiger partial charge is 0.274 e. The molecule has 0 aliphatic heterocycles. The van der Waals surface area contributed by atoms with Gasteiger partial charge in [0, 0.05) is 23.4 Å². The minimum Gasteiger partial charge on any atom is -0.382 e. The summed E-state index contributed by atoms with van der Waals surface area (Å²) in [5.74, 6) is 0. The molecule has 1 rings (SSSR count). The number of aryl methyl sites for hydroxylation is 1. The zero-order valence-corrected chi connectivity index (χ0v) is 10.7. The Balaban J connectivity index is 2.84. The lowest BCUT2D eigenvalue weighted by molar-refractivity contribution is -0.385. The highest BCUT2D eigenvalue weighted by atomic mass is 16.6. The number of nitro benzene ring substituents is 1. The highest BCUT2D eigenvalue weighted by molar-refractivity contribution is 5.55. The summed E-state index contributed by atoms with van der Waals surface area (Å²) >= 11 is 0. The van der Waals surface area contributed by atoms with Gasteiger partial charge in [0.1, 0.15) is 0 Å². The number of anilines is 1. The van der Waals surface area contributed by atoms with E-state index < -0.39 is 0 Å². The van der Waals surface area contributed by atoms with Crippen LogP contribution in [-0.4, -0.2) is 11.0 Å². The zero-order valence-electron chi connectivity index (χ0n) is 10.7. The number of nitro groups is 1. The molecule has 0 spiro atoms. The second-order valence-electron chi connectivity index (χ2n) is 4.30. The van der Waals surface area contributed by atoms with Crippen LogP contribution in [0, 0.1) is 17.0 Å². The molecule has 0 saturated heterocycles. The summed E-state index contributed by atoms with van der Waals surface area (Å²) in [6.45, 7) is 6.02. The molecule has 4 heteroatoms. The Hall–Kier alpha value is -1.58. The Morgan fingerprint density at radius 3 is 2.65 bits per heavy atom. The molecular formula is C13H20N2O2. The van der Waals surface area contributed by atoms with Gasteiger partial charge in [0.25, 0.3) is 5.69 Å². The summed E-state index contributed by atoms with van der Waals surface area (Å²) in [7, 11) is 0. The molecular weight excluding hydrogens is 216 g/mol. The average Bonchev–Trinajstić information content (AvgIpc) is 2.30. The summed E-state index contributed by atoms with van der Waals surface area (Å²) in [5.41, 5.74) is 1.72. The maximum Gasteiger partial charge on any atom is 0.274 e. The number of rotatable bonds is 6. The highest BCUT2D eigenvalue weighted by Gasteiger charge is 2.12. The van der Waals surface area contributed by atoms with Gasteiger partial charge in [-0.25, -0.2) is 0 Å². The maximum absolute atomic E-state index is 10.8. The molecule has 1 aromatic carbocycles. The van der Waals surface area contributed by atoms with Gasteiger partial charge in [0.2, 0.25) is 0 Å². The van der Waals surface area contributed by atoms with Gasteiger partial charge in [0.05, 0.1) is 4.92 Å². The van der Waals surface area contributed by atoms with Crippen LogP contribution in [0.5, 0.6) is 0 Å². The molecule has 4 nitrogen and oxygen atoms in total. The van der Waals surface area contributed by atoms with Gasteiger partial charge in [-0.1, -0.05) is 26.3 Å². The average molecular weight is 236 g/mol. The normalized spacial score (nSPS) is 12.2. The summed E-state index contributed by atoms with van der Waals surface area (Å²) in [5, 5.41) is 14.2. The van der Waals surface area contributed by atoms with Crippen LogP contribution in [-0.2, 0) is 0 Å². The highest BCUT2D eigenvalue weighted by Crippen LogP contribution is 2.23. The monoisotopic (exact) mass is 236 g/mol. The van der Waals surface area contributed by atoms with Crippen molar-refractivity contribution in [1.82, 2.24) is 0 Å². The van der Waals surface area contributed by atoms with E-state index in [1.54, 1.807) is 19.1 Å². The molecule has 0 amide bonds. The Labute approximate surface area is 102 Å². The first-order valence-corrected chi connectivity index (χ1v) is 6.10. The molecule has 1 atom stereocenters. The lowest BCUT2D eigenvalue weighted by Gasteiger charge is -2.17. The molecule has 0 aromatic heterocycles. The first kappa shape index (κ1) is 13.5. The van der Waals surface area contributed by atoms with Crippen molar-refractivity contribution < 1.29 is 4.92 Å². The van der Waals surface area contributed by atoms with Crippen LogP contribution in [0.25, 0.3) is 0 Å². The predicted octanol–water partition coefficient (Wildman–Crippen LogP) is 3.89. The molecule has 0 bridgehead atoms. The van der Waals surface area contributed by atoms with Gasteiger partial charge in [-0.2, -0.15) is 0 Å². The number of hydrogen-bond acceptors (Lipinski definition) is 3. The van der Waals surface area contributed by atoms with Crippen molar-refractivity contribution in [2.45, 2.75) is 46.1 Å². The number of nitrogens with one attached hydrogen (secondary N) is 1. The molecule has 0 heterocycles. The van der Waals surface area contributed by atoms with Gasteiger partial charge < -0.3 is 5.32 Å². The van der Waals surface area contributed by atoms with E-state index >= 15 is 0 Å². The van der Waals surface area contributed by atoms with Crippen molar-refractivity contribution >= 4 is 11.4 Å². The first-order chi connectivity index (χ1) is 8.08. The topological polar surface area (TPSA) is 55.2 Å². The van der Waals surface area contributed by atoms with Crippen LogP contribution >= 0.6 is 0 Å². The first-order valence-electron chi connectivity index (χ1n) is 6.10. The van der Waals surface area contributed by atoms with E-state index in [1.165, 1.54) is 0 Å². The van der Waals surface area contributed by atoms with Crippen LogP contribution < -0.4 is 5.32 Å². The van der Waals surface area contributed by atoms with E-state index in [9.17, 15) is 10.1 Å². The van der Waals surface area contributed by atoms with Crippen molar-refractivity contribution in [3.05, 3.63) is 33.9 Å². The molecule has 0 aliphatic carbocycles. The minimum atomic E-state index is -0.332. The van der Waals surface area contributed by atoms with Crippen molar-refractivity contribution in [2.24, 2.45) is 0 Å². The van der Waals surface area contributed by atoms with E-state index in [4.69, 9.17) is 0 Å². The second-order valence-corrected chi connectivity index (χ2v) is 4.30. The van der Waals surface area contributed by atoms with Crippen LogP contribution in [0.4, 0.5) is 11.4 Å². The van der Waals surface area contributed by atoms with E-state index in [2.05, 4.69) is 19.2 Å². The van der Waals surface area contributed by atoms with Crippen LogP contribution in [0.2, 0.25) is 0 Å². The standard InChI is InChI=1S/C13H20N2O2/c1-4-6-11(5-2)14-12-8-7-10(3)13(9-12)15(16)17/h7-9,11,14H,4-6H2,1-3H3. The van der Waals surface area contributed by atoms with E-state index in [0.29, 0.717) is 11.6 Å². The van der Waals surface area contributed by atoms with E-state index in [-0.39, 0.29) is 10.6 Å². The third kappa shape index (κ3) is 3.73. The molecule has 17 heavy (non-hydrogen) atoms. The third-order valence-electron chi connectivity index (χ3n) is 2.91. The lowest BCUT2D eigenvalue weighted by Crippen LogP contribution is -2.17. The Bertz CT molecular complexity index is 391. The molecule has 1 unspecified atom stereocenters. The maximum atomic E-state index is 10.8. The third-order valence-corrected chi connectivity index (χ3v) is 2.91. The summed E-state index contributed by atoms with van der Waals surface area (Å²) in [6.07, 6.45) is 3.22. The van der Waals surface area contributed by atoms with Crippen LogP contribution in [0.3, 0.4) is 0 Å². The lowest BCUT2D eigenvalue weighted by atomic mass is 10.1. The largest absolute Gasteiger partial charge is 0.382 e. The SMILES string of the molecule is CCCC(CC)Nc1ccc(C)c([N+](=O)[O-])c1. The summed E-state index contributed by atoms with van der Waals surface area (Å²) in [4.78, 5) is 10.5. The molecule has 0 saturated carbocycles. The molecule has 0 radical (unpaired) electrons. The van der Waals surface area contributed by atoms with Gasteiger partial charge >= 0.3 is 0 Å². The fourth-order valence-electron chi connectivity index (χ4n) is 1.86. The Kier molecular flexibility index (Phi) is 4.94. The van der Waals surface area contributed by atoms with Crippen molar-refractivity contribution in [3.8, 4) is 0 Å². The minimum absolute atomic E-state index is 0.182. The van der Waals surface area contributed by atoms with Crippen molar-refractivity contribution in [3.63, 3.8) is 0 Å². The van der Waals surface area contributed by atoms with E-state index in [1.807, 2.05) is 6.07 Å². The molecule has 0 aliphatic rings. The van der Waals surface area contributed by atoms with Gasteiger partial charge in [-0.15, -0.1) is 0 Å². The quantitative estimate of drug-likeness (QED) is 0.602. The number of nitrogens with zero attached hydrogens (tertiary/aromatic N) is 1. The summed E-state index contributed by atoms with van der Waals surface area (Å²) < 4.78 is 0. The van der Waals surface area contributed by atoms with Crippen molar-refractivity contribution in [2.75, 3.05) is 5.32 Å². The molecule has 0 fully saturated rings. The molecule has 94 valence electrons. The number of benzene rings is 1. The van der Waals surface area contributed by atoms with Crippen molar-refractivity contribution in [1.29, 1.82) is 0 Å². The second kappa shape index (κ2) is 6.23. The zero-order chi connectivity index (χ0) is 12.8. The van der Waals surface area contributed by atoms with E-state index in [0.717, 1.165) is 24.9 Å². The van der Waals surface area contributed by atoms with Gasteiger partial charge in [0.15, 0.2) is 0 Å². The Morgan fingerprint density at radius 2 is 2.12 bits per heavy atom. The van der Waals surface area contributed by atoms with Gasteiger partial charge in [-0.05, 0) is 25.8 Å². The van der Waals surface area contributed by atoms with Crippen LogP contribution in [0.1, 0.15) is 38.7 Å². The fourth-order valence-corrected chi connectivity index (χ4v) is 1.86. The fraction of sp³-hybridized carbons (Fsp3) is 0.538.